The number of ether oxygens (including phenoxy) is 1. The predicted molar refractivity (Wildman–Crippen MR) is 213 cm³/mol. The van der Waals surface area contributed by atoms with Gasteiger partial charge in [0.25, 0.3) is 0 Å². The first-order valence-electron chi connectivity index (χ1n) is 21.2. The molecule has 4 N–H and O–H groups in total. The van der Waals surface area contributed by atoms with E-state index in [4.69, 9.17) is 14.9 Å². The summed E-state index contributed by atoms with van der Waals surface area (Å²) in [5.74, 6) is -2.30. The minimum Gasteiger partial charge on any atom is -0.480 e. The van der Waals surface area contributed by atoms with Gasteiger partial charge in [0.1, 0.15) is 12.1 Å². The van der Waals surface area contributed by atoms with Gasteiger partial charge in [-0.25, -0.2) is 4.79 Å². The van der Waals surface area contributed by atoms with Crippen LogP contribution in [-0.4, -0.2) is 59.3 Å². The standard InChI is InChI=1S/C43H78N2O7/c1-3-5-7-9-11-13-14-15-16-17-18-20-22-27-31-35-42(49)52-38(32-28-24-21-19-12-10-8-6-4-2)33-29-25-23-26-30-34-40(47)44-36-41(48)45-39(37-46)43(50)51/h11,13,15-16,38-39,46H,3-10,12,14,17-37H2,1-2H3,(H,44,47)(H,45,48)(H,50,51)/b13-11-,16-15-. The van der Waals surface area contributed by atoms with E-state index in [0.29, 0.717) is 19.3 Å². The average Bonchev–Trinajstić information content (AvgIpc) is 3.13. The summed E-state index contributed by atoms with van der Waals surface area (Å²) in [5.41, 5.74) is 0. The summed E-state index contributed by atoms with van der Waals surface area (Å²) in [5, 5.41) is 22.5. The third-order valence-corrected chi connectivity index (χ3v) is 9.45. The molecule has 9 nitrogen and oxygen atoms in total. The summed E-state index contributed by atoms with van der Waals surface area (Å²) in [6.45, 7) is 3.45. The van der Waals surface area contributed by atoms with Crippen LogP contribution in [0.4, 0.5) is 0 Å². The van der Waals surface area contributed by atoms with E-state index in [2.05, 4.69) is 48.8 Å². The summed E-state index contributed by atoms with van der Waals surface area (Å²) < 4.78 is 6.01. The van der Waals surface area contributed by atoms with Gasteiger partial charge >= 0.3 is 11.9 Å². The van der Waals surface area contributed by atoms with Crippen molar-refractivity contribution in [2.75, 3.05) is 13.2 Å². The number of nitrogens with one attached hydrogen (secondary N) is 2. The number of allylic oxidation sites excluding steroid dienone is 4. The molecule has 52 heavy (non-hydrogen) atoms. The van der Waals surface area contributed by atoms with Crippen LogP contribution in [0, 0.1) is 0 Å². The molecule has 2 unspecified atom stereocenters. The number of carbonyl (C=O) groups is 4. The molecule has 0 saturated heterocycles. The molecule has 0 spiro atoms. The van der Waals surface area contributed by atoms with E-state index in [9.17, 15) is 19.2 Å². The fourth-order valence-electron chi connectivity index (χ4n) is 6.16. The van der Waals surface area contributed by atoms with Crippen LogP contribution in [0.3, 0.4) is 0 Å². The van der Waals surface area contributed by atoms with Gasteiger partial charge in [0.15, 0.2) is 0 Å². The Morgan fingerprint density at radius 2 is 1.04 bits per heavy atom. The fourth-order valence-corrected chi connectivity index (χ4v) is 6.16. The zero-order valence-electron chi connectivity index (χ0n) is 33.3. The summed E-state index contributed by atoms with van der Waals surface area (Å²) in [7, 11) is 0. The number of aliphatic hydroxyl groups is 1. The Morgan fingerprint density at radius 1 is 0.577 bits per heavy atom. The van der Waals surface area contributed by atoms with Crippen molar-refractivity contribution >= 4 is 23.8 Å². The number of aliphatic hydroxyl groups excluding tert-OH is 1. The number of hydrogen-bond donors (Lipinski definition) is 4. The normalized spacial score (nSPS) is 12.7. The van der Waals surface area contributed by atoms with Gasteiger partial charge in [-0.1, -0.05) is 141 Å². The molecular weight excluding hydrogens is 656 g/mol. The lowest BCUT2D eigenvalue weighted by Gasteiger charge is -2.18. The van der Waals surface area contributed by atoms with E-state index >= 15 is 0 Å². The van der Waals surface area contributed by atoms with Crippen molar-refractivity contribution in [2.45, 2.75) is 212 Å². The minimum atomic E-state index is -1.38. The van der Waals surface area contributed by atoms with E-state index in [0.717, 1.165) is 77.0 Å². The van der Waals surface area contributed by atoms with Gasteiger partial charge in [0, 0.05) is 12.8 Å². The van der Waals surface area contributed by atoms with Crippen LogP contribution in [0.5, 0.6) is 0 Å². The third-order valence-electron chi connectivity index (χ3n) is 9.45. The van der Waals surface area contributed by atoms with Crippen LogP contribution in [0.1, 0.15) is 200 Å². The van der Waals surface area contributed by atoms with Crippen molar-refractivity contribution in [2.24, 2.45) is 0 Å². The molecule has 0 aromatic carbocycles. The summed E-state index contributed by atoms with van der Waals surface area (Å²) in [6, 6.07) is -1.38. The Kier molecular flexibility index (Phi) is 36.1. The molecule has 2 amide bonds. The molecule has 0 fully saturated rings. The highest BCUT2D eigenvalue weighted by atomic mass is 16.5. The van der Waals surface area contributed by atoms with Gasteiger partial charge in [-0.05, 0) is 70.6 Å². The summed E-state index contributed by atoms with van der Waals surface area (Å²) in [4.78, 5) is 47.5. The maximum Gasteiger partial charge on any atom is 0.328 e. The zero-order valence-corrected chi connectivity index (χ0v) is 33.3. The molecule has 0 aliphatic rings. The average molecular weight is 735 g/mol. The van der Waals surface area contributed by atoms with E-state index in [1.807, 2.05) is 0 Å². The first kappa shape index (κ1) is 49.3. The molecule has 0 rings (SSSR count). The third kappa shape index (κ3) is 34.4. The largest absolute Gasteiger partial charge is 0.480 e. The number of carbonyl (C=O) groups excluding carboxylic acids is 3. The minimum absolute atomic E-state index is 0.0153. The van der Waals surface area contributed by atoms with E-state index in [-0.39, 0.29) is 24.5 Å². The van der Waals surface area contributed by atoms with Crippen molar-refractivity contribution in [3.63, 3.8) is 0 Å². The zero-order chi connectivity index (χ0) is 38.3. The van der Waals surface area contributed by atoms with E-state index in [1.54, 1.807) is 0 Å². The van der Waals surface area contributed by atoms with Crippen LogP contribution >= 0.6 is 0 Å². The first-order chi connectivity index (χ1) is 25.3. The van der Waals surface area contributed by atoms with Crippen LogP contribution < -0.4 is 10.6 Å². The molecule has 9 heteroatoms. The second-order valence-corrected chi connectivity index (χ2v) is 14.4. The fraction of sp³-hybridized carbons (Fsp3) is 0.814. The molecule has 302 valence electrons. The van der Waals surface area contributed by atoms with E-state index in [1.165, 1.54) is 89.9 Å². The number of amides is 2. The molecule has 2 atom stereocenters. The van der Waals surface area contributed by atoms with E-state index < -0.39 is 24.5 Å². The van der Waals surface area contributed by atoms with Crippen molar-refractivity contribution in [3.05, 3.63) is 24.3 Å². The second kappa shape index (κ2) is 38.1. The molecule has 0 saturated carbocycles. The number of unbranched alkanes of at least 4 members (excludes halogenated alkanes) is 20. The number of carboxylic acid groups (broad SMARTS) is 1. The molecule has 0 bridgehead atoms. The maximum atomic E-state index is 12.7. The topological polar surface area (TPSA) is 142 Å². The molecule has 0 aromatic heterocycles. The van der Waals surface area contributed by atoms with Crippen LogP contribution in [-0.2, 0) is 23.9 Å². The molecule has 0 aliphatic carbocycles. The van der Waals surface area contributed by atoms with Crippen LogP contribution in [0.15, 0.2) is 24.3 Å². The van der Waals surface area contributed by atoms with Gasteiger partial charge in [-0.15, -0.1) is 0 Å². The second-order valence-electron chi connectivity index (χ2n) is 14.4. The highest BCUT2D eigenvalue weighted by Crippen LogP contribution is 2.19. The predicted octanol–water partition coefficient (Wildman–Crippen LogP) is 10.0. The lowest BCUT2D eigenvalue weighted by Crippen LogP contribution is -2.47. The molecular formula is C43H78N2O7. The Bertz CT molecular complexity index is 936. The Hall–Kier alpha value is -2.68. The number of aliphatic carboxylic acids is 1. The highest BCUT2D eigenvalue weighted by Gasteiger charge is 2.19. The Morgan fingerprint density at radius 3 is 1.58 bits per heavy atom. The Balaban J connectivity index is 4.26. The maximum absolute atomic E-state index is 12.7. The van der Waals surface area contributed by atoms with Gasteiger partial charge in [0.05, 0.1) is 13.2 Å². The summed E-state index contributed by atoms with van der Waals surface area (Å²) in [6.07, 6.45) is 40.6. The lowest BCUT2D eigenvalue weighted by atomic mass is 10.0. The smallest absolute Gasteiger partial charge is 0.328 e. The summed E-state index contributed by atoms with van der Waals surface area (Å²) >= 11 is 0. The quantitative estimate of drug-likeness (QED) is 0.0281. The number of rotatable bonds is 38. The Labute approximate surface area is 317 Å². The first-order valence-corrected chi connectivity index (χ1v) is 21.2. The molecule has 0 aliphatic heterocycles. The van der Waals surface area contributed by atoms with Gasteiger partial charge < -0.3 is 25.6 Å². The van der Waals surface area contributed by atoms with Gasteiger partial charge in [-0.3, -0.25) is 14.4 Å². The number of hydrogen-bond acceptors (Lipinski definition) is 6. The number of carboxylic acids is 1. The van der Waals surface area contributed by atoms with Gasteiger partial charge in [-0.2, -0.15) is 0 Å². The monoisotopic (exact) mass is 735 g/mol. The SMILES string of the molecule is CCCCC/C=C\C/C=C\CCCCCCCC(=O)OC(CCCCCCCCCCC)CCCCCCCC(=O)NCC(=O)NC(CO)C(=O)O. The van der Waals surface area contributed by atoms with Crippen molar-refractivity contribution in [1.82, 2.24) is 10.6 Å². The molecule has 0 aromatic rings. The molecule has 0 heterocycles. The highest BCUT2D eigenvalue weighted by molar-refractivity contribution is 5.87. The molecule has 0 radical (unpaired) electrons. The van der Waals surface area contributed by atoms with Gasteiger partial charge in [0.2, 0.25) is 11.8 Å². The van der Waals surface area contributed by atoms with Crippen molar-refractivity contribution < 1.29 is 34.1 Å². The van der Waals surface area contributed by atoms with Crippen LogP contribution in [0.2, 0.25) is 0 Å². The van der Waals surface area contributed by atoms with Crippen molar-refractivity contribution in [1.29, 1.82) is 0 Å². The van der Waals surface area contributed by atoms with Crippen molar-refractivity contribution in [3.8, 4) is 0 Å². The number of esters is 1. The van der Waals surface area contributed by atoms with Crippen LogP contribution in [0.25, 0.3) is 0 Å². The lowest BCUT2D eigenvalue weighted by molar-refractivity contribution is -0.150.